The highest BCUT2D eigenvalue weighted by Gasteiger charge is 2.31. The van der Waals surface area contributed by atoms with Crippen LogP contribution < -0.4 is 20.5 Å². The summed E-state index contributed by atoms with van der Waals surface area (Å²) in [5.41, 5.74) is 5.81. The zero-order valence-electron chi connectivity index (χ0n) is 10.8. The SMILES string of the molecule is NC(=O)C1CNCCN1C(=O)c1ccc2c(c1)OCO2. The van der Waals surface area contributed by atoms with Gasteiger partial charge in [-0.25, -0.2) is 0 Å². The molecule has 2 aliphatic heterocycles. The number of hydrogen-bond donors (Lipinski definition) is 2. The fourth-order valence-electron chi connectivity index (χ4n) is 2.40. The Kier molecular flexibility index (Phi) is 3.19. The largest absolute Gasteiger partial charge is 0.454 e. The number of benzene rings is 1. The summed E-state index contributed by atoms with van der Waals surface area (Å²) in [6, 6.07) is 4.36. The van der Waals surface area contributed by atoms with Gasteiger partial charge in [0.1, 0.15) is 6.04 Å². The highest BCUT2D eigenvalue weighted by atomic mass is 16.7. The van der Waals surface area contributed by atoms with E-state index in [1.807, 2.05) is 0 Å². The molecule has 3 rings (SSSR count). The Balaban J connectivity index is 1.85. The number of nitrogens with zero attached hydrogens (tertiary/aromatic N) is 1. The maximum absolute atomic E-state index is 12.5. The lowest BCUT2D eigenvalue weighted by Gasteiger charge is -2.34. The van der Waals surface area contributed by atoms with E-state index in [9.17, 15) is 9.59 Å². The third kappa shape index (κ3) is 2.16. The lowest BCUT2D eigenvalue weighted by atomic mass is 10.1. The summed E-state index contributed by atoms with van der Waals surface area (Å²) in [5, 5.41) is 3.05. The van der Waals surface area contributed by atoms with E-state index in [1.165, 1.54) is 4.90 Å². The van der Waals surface area contributed by atoms with Gasteiger partial charge in [0.25, 0.3) is 5.91 Å². The Morgan fingerprint density at radius 1 is 1.30 bits per heavy atom. The van der Waals surface area contributed by atoms with Crippen LogP contribution in [0.5, 0.6) is 11.5 Å². The second kappa shape index (κ2) is 5.01. The summed E-state index contributed by atoms with van der Waals surface area (Å²) in [4.78, 5) is 25.4. The molecule has 0 spiro atoms. The Morgan fingerprint density at radius 3 is 2.90 bits per heavy atom. The highest BCUT2D eigenvalue weighted by molar-refractivity contribution is 5.98. The second-order valence-electron chi connectivity index (χ2n) is 4.69. The molecule has 2 amide bonds. The van der Waals surface area contributed by atoms with E-state index >= 15 is 0 Å². The summed E-state index contributed by atoms with van der Waals surface area (Å²) in [6.07, 6.45) is 0. The predicted octanol–water partition coefficient (Wildman–Crippen LogP) is -0.685. The molecule has 3 N–H and O–H groups in total. The molecule has 1 unspecified atom stereocenters. The first kappa shape index (κ1) is 12.7. The molecule has 2 heterocycles. The van der Waals surface area contributed by atoms with Crippen molar-refractivity contribution in [2.75, 3.05) is 26.4 Å². The third-order valence-corrected chi connectivity index (χ3v) is 3.45. The maximum Gasteiger partial charge on any atom is 0.254 e. The molecule has 20 heavy (non-hydrogen) atoms. The molecule has 106 valence electrons. The molecule has 1 saturated heterocycles. The minimum atomic E-state index is -0.623. The van der Waals surface area contributed by atoms with Crippen LogP contribution in [0.2, 0.25) is 0 Å². The van der Waals surface area contributed by atoms with Crippen molar-refractivity contribution in [3.63, 3.8) is 0 Å². The minimum absolute atomic E-state index is 0.157. The van der Waals surface area contributed by atoms with Gasteiger partial charge in [0.05, 0.1) is 0 Å². The number of primary amides is 1. The zero-order valence-corrected chi connectivity index (χ0v) is 10.8. The number of rotatable bonds is 2. The Hall–Kier alpha value is -2.28. The quantitative estimate of drug-likeness (QED) is 0.746. The van der Waals surface area contributed by atoms with Crippen LogP contribution in [0.4, 0.5) is 0 Å². The molecule has 7 heteroatoms. The standard InChI is InChI=1S/C13H15N3O4/c14-12(17)9-6-15-3-4-16(9)13(18)8-1-2-10-11(5-8)20-7-19-10/h1-2,5,9,15H,3-4,6-7H2,(H2,14,17). The van der Waals surface area contributed by atoms with Gasteiger partial charge in [0.15, 0.2) is 11.5 Å². The number of hydrogen-bond acceptors (Lipinski definition) is 5. The molecule has 1 atom stereocenters. The lowest BCUT2D eigenvalue weighted by molar-refractivity contribution is -0.122. The summed E-state index contributed by atoms with van der Waals surface area (Å²) in [7, 11) is 0. The molecule has 0 radical (unpaired) electrons. The molecule has 0 bridgehead atoms. The average Bonchev–Trinajstić information content (AvgIpc) is 2.93. The molecule has 1 fully saturated rings. The van der Waals surface area contributed by atoms with E-state index in [2.05, 4.69) is 5.32 Å². The smallest absolute Gasteiger partial charge is 0.254 e. The van der Waals surface area contributed by atoms with Gasteiger partial charge in [0, 0.05) is 25.2 Å². The Morgan fingerprint density at radius 2 is 2.10 bits per heavy atom. The first-order chi connectivity index (χ1) is 9.66. The number of carbonyl (C=O) groups is 2. The van der Waals surface area contributed by atoms with E-state index in [0.717, 1.165) is 0 Å². The van der Waals surface area contributed by atoms with Crippen molar-refractivity contribution >= 4 is 11.8 Å². The van der Waals surface area contributed by atoms with E-state index in [0.29, 0.717) is 36.7 Å². The maximum atomic E-state index is 12.5. The van der Waals surface area contributed by atoms with Crippen LogP contribution >= 0.6 is 0 Å². The molecular formula is C13H15N3O4. The van der Waals surface area contributed by atoms with Gasteiger partial charge in [-0.05, 0) is 18.2 Å². The van der Waals surface area contributed by atoms with Gasteiger partial charge in [-0.1, -0.05) is 0 Å². The lowest BCUT2D eigenvalue weighted by Crippen LogP contribution is -2.58. The van der Waals surface area contributed by atoms with Crippen molar-refractivity contribution in [2.45, 2.75) is 6.04 Å². The Labute approximate surface area is 115 Å². The number of carbonyl (C=O) groups excluding carboxylic acids is 2. The van der Waals surface area contributed by atoms with E-state index in [-0.39, 0.29) is 12.7 Å². The summed E-state index contributed by atoms with van der Waals surface area (Å²) < 4.78 is 10.5. The minimum Gasteiger partial charge on any atom is -0.454 e. The molecule has 1 aromatic carbocycles. The number of nitrogens with one attached hydrogen (secondary N) is 1. The number of amides is 2. The van der Waals surface area contributed by atoms with Gasteiger partial charge in [-0.3, -0.25) is 9.59 Å². The molecule has 7 nitrogen and oxygen atoms in total. The van der Waals surface area contributed by atoms with Crippen molar-refractivity contribution < 1.29 is 19.1 Å². The van der Waals surface area contributed by atoms with Crippen molar-refractivity contribution in [3.8, 4) is 11.5 Å². The van der Waals surface area contributed by atoms with Gasteiger partial charge in [0.2, 0.25) is 12.7 Å². The molecule has 0 aromatic heterocycles. The van der Waals surface area contributed by atoms with Crippen LogP contribution in [0.25, 0.3) is 0 Å². The van der Waals surface area contributed by atoms with Crippen molar-refractivity contribution in [2.24, 2.45) is 5.73 Å². The van der Waals surface area contributed by atoms with E-state index in [4.69, 9.17) is 15.2 Å². The van der Waals surface area contributed by atoms with Crippen LogP contribution in [-0.2, 0) is 4.79 Å². The summed E-state index contributed by atoms with van der Waals surface area (Å²) in [6.45, 7) is 1.62. The normalized spacial score (nSPS) is 20.8. The Bertz CT molecular complexity index is 561. The number of nitrogens with two attached hydrogens (primary N) is 1. The van der Waals surface area contributed by atoms with E-state index in [1.54, 1.807) is 18.2 Å². The molecule has 0 aliphatic carbocycles. The van der Waals surface area contributed by atoms with Gasteiger partial charge in [-0.15, -0.1) is 0 Å². The molecule has 2 aliphatic rings. The first-order valence-corrected chi connectivity index (χ1v) is 6.37. The molecule has 1 aromatic rings. The number of ether oxygens (including phenoxy) is 2. The molecule has 0 saturated carbocycles. The second-order valence-corrected chi connectivity index (χ2v) is 4.69. The predicted molar refractivity (Wildman–Crippen MR) is 69.5 cm³/mol. The number of fused-ring (bicyclic) bond motifs is 1. The fourth-order valence-corrected chi connectivity index (χ4v) is 2.40. The van der Waals surface area contributed by atoms with Crippen molar-refractivity contribution in [3.05, 3.63) is 23.8 Å². The van der Waals surface area contributed by atoms with Crippen LogP contribution in [0, 0.1) is 0 Å². The van der Waals surface area contributed by atoms with E-state index < -0.39 is 11.9 Å². The average molecular weight is 277 g/mol. The van der Waals surface area contributed by atoms with Crippen LogP contribution in [-0.4, -0.2) is 49.2 Å². The number of piperazine rings is 1. The monoisotopic (exact) mass is 277 g/mol. The van der Waals surface area contributed by atoms with Crippen LogP contribution in [0.3, 0.4) is 0 Å². The highest BCUT2D eigenvalue weighted by Crippen LogP contribution is 2.32. The topological polar surface area (TPSA) is 93.9 Å². The van der Waals surface area contributed by atoms with Gasteiger partial charge < -0.3 is 25.4 Å². The summed E-state index contributed by atoms with van der Waals surface area (Å²) >= 11 is 0. The summed E-state index contributed by atoms with van der Waals surface area (Å²) in [5.74, 6) is 0.426. The van der Waals surface area contributed by atoms with Crippen LogP contribution in [0.1, 0.15) is 10.4 Å². The van der Waals surface area contributed by atoms with Crippen LogP contribution in [0.15, 0.2) is 18.2 Å². The van der Waals surface area contributed by atoms with Crippen molar-refractivity contribution in [1.29, 1.82) is 0 Å². The third-order valence-electron chi connectivity index (χ3n) is 3.45. The first-order valence-electron chi connectivity index (χ1n) is 6.37. The van der Waals surface area contributed by atoms with Gasteiger partial charge in [-0.2, -0.15) is 0 Å². The fraction of sp³-hybridized carbons (Fsp3) is 0.385. The van der Waals surface area contributed by atoms with Gasteiger partial charge >= 0.3 is 0 Å². The molecular weight excluding hydrogens is 262 g/mol. The van der Waals surface area contributed by atoms with Crippen molar-refractivity contribution in [1.82, 2.24) is 10.2 Å². The zero-order chi connectivity index (χ0) is 14.1.